The van der Waals surface area contributed by atoms with Crippen LogP contribution < -0.4 is 0 Å². The van der Waals surface area contributed by atoms with Gasteiger partial charge in [-0.25, -0.2) is 0 Å². The Morgan fingerprint density at radius 1 is 0.744 bits per heavy atom. The predicted molar refractivity (Wildman–Crippen MR) is 176 cm³/mol. The first-order valence-electron chi connectivity index (χ1n) is 17.4. The summed E-state index contributed by atoms with van der Waals surface area (Å²) < 4.78 is 13.2. The van der Waals surface area contributed by atoms with Crippen molar-refractivity contribution in [1.82, 2.24) is 0 Å². The number of aliphatic hydroxyl groups is 4. The maximum atomic E-state index is 11.3. The number of thioether (sulfide) groups is 2. The lowest BCUT2D eigenvalue weighted by molar-refractivity contribution is -0.220. The first-order valence-corrected chi connectivity index (χ1v) is 19.3. The molecule has 0 amide bonds. The molecule has 3 aliphatic carbocycles. The molecule has 3 saturated carbocycles. The minimum atomic E-state index is -0.796. The molecule has 5 rings (SSSR count). The quantitative estimate of drug-likeness (QED) is 0.189. The van der Waals surface area contributed by atoms with Crippen LogP contribution in [-0.2, 0) is 9.47 Å². The van der Waals surface area contributed by atoms with Crippen LogP contribution in [0.2, 0.25) is 0 Å². The molecule has 43 heavy (non-hydrogen) atoms. The topological polar surface area (TPSA) is 112 Å². The first kappa shape index (κ1) is 34.2. The van der Waals surface area contributed by atoms with E-state index in [1.807, 2.05) is 37.4 Å². The van der Waals surface area contributed by atoms with Crippen LogP contribution in [0.25, 0.3) is 0 Å². The SMILES string of the molecule is CCC(O)C1CCC(C(O)OC2CCC(OC(O)C3CCC(C(O)CC)CC3)C3C(CC)C=C(C4=NCCS4)SC23)CC1. The summed E-state index contributed by atoms with van der Waals surface area (Å²) in [5.41, 5.74) is 0. The molecule has 9 atom stereocenters. The van der Waals surface area contributed by atoms with Gasteiger partial charge in [0.05, 0.1) is 24.4 Å². The Morgan fingerprint density at radius 2 is 1.26 bits per heavy atom. The number of aliphatic hydroxyl groups excluding tert-OH is 4. The smallest absolute Gasteiger partial charge is 0.157 e. The molecule has 9 heteroatoms. The van der Waals surface area contributed by atoms with Gasteiger partial charge in [0.25, 0.3) is 0 Å². The van der Waals surface area contributed by atoms with Crippen molar-refractivity contribution in [3.8, 4) is 0 Å². The van der Waals surface area contributed by atoms with Crippen LogP contribution in [0.5, 0.6) is 0 Å². The van der Waals surface area contributed by atoms with Crippen molar-refractivity contribution in [2.75, 3.05) is 12.3 Å². The third-order valence-corrected chi connectivity index (χ3v) is 13.9. The van der Waals surface area contributed by atoms with Gasteiger partial charge in [0, 0.05) is 40.2 Å². The van der Waals surface area contributed by atoms with Crippen LogP contribution in [0.15, 0.2) is 16.0 Å². The van der Waals surface area contributed by atoms with E-state index < -0.39 is 12.6 Å². The number of rotatable bonds is 12. The van der Waals surface area contributed by atoms with E-state index >= 15 is 0 Å². The maximum absolute atomic E-state index is 11.3. The Kier molecular flexibility index (Phi) is 12.8. The van der Waals surface area contributed by atoms with Crippen LogP contribution in [0, 0.1) is 35.5 Å². The van der Waals surface area contributed by atoms with Gasteiger partial charge < -0.3 is 29.9 Å². The van der Waals surface area contributed by atoms with Crippen molar-refractivity contribution in [1.29, 1.82) is 0 Å². The number of nitrogens with zero attached hydrogens (tertiary/aromatic N) is 1. The zero-order valence-electron chi connectivity index (χ0n) is 26.6. The summed E-state index contributed by atoms with van der Waals surface area (Å²) in [7, 11) is 0. The molecule has 246 valence electrons. The van der Waals surface area contributed by atoms with Gasteiger partial charge in [0.15, 0.2) is 12.6 Å². The van der Waals surface area contributed by atoms with Crippen molar-refractivity contribution >= 4 is 28.6 Å². The van der Waals surface area contributed by atoms with Crippen LogP contribution >= 0.6 is 23.5 Å². The van der Waals surface area contributed by atoms with E-state index in [0.29, 0.717) is 17.8 Å². The van der Waals surface area contributed by atoms with Crippen molar-refractivity contribution < 1.29 is 29.9 Å². The summed E-state index contributed by atoms with van der Waals surface area (Å²) >= 11 is 3.70. The third kappa shape index (κ3) is 8.24. The van der Waals surface area contributed by atoms with Crippen molar-refractivity contribution in [3.05, 3.63) is 11.0 Å². The van der Waals surface area contributed by atoms with Crippen molar-refractivity contribution in [2.24, 2.45) is 40.5 Å². The average Bonchev–Trinajstić information content (AvgIpc) is 3.60. The van der Waals surface area contributed by atoms with Gasteiger partial charge >= 0.3 is 0 Å². The maximum Gasteiger partial charge on any atom is 0.157 e. The molecule has 0 aromatic rings. The second-order valence-electron chi connectivity index (χ2n) is 13.8. The molecular weight excluding hydrogens is 583 g/mol. The minimum Gasteiger partial charge on any atom is -0.393 e. The molecule has 2 heterocycles. The highest BCUT2D eigenvalue weighted by Crippen LogP contribution is 2.51. The number of fused-ring (bicyclic) bond motifs is 1. The van der Waals surface area contributed by atoms with Crippen LogP contribution in [-0.4, -0.2) is 80.0 Å². The highest BCUT2D eigenvalue weighted by Gasteiger charge is 2.49. The van der Waals surface area contributed by atoms with E-state index in [2.05, 4.69) is 13.0 Å². The van der Waals surface area contributed by atoms with Crippen molar-refractivity contribution in [3.63, 3.8) is 0 Å². The summed E-state index contributed by atoms with van der Waals surface area (Å²) in [5, 5.41) is 44.6. The first-order chi connectivity index (χ1) is 20.8. The molecule has 7 nitrogen and oxygen atoms in total. The van der Waals surface area contributed by atoms with Gasteiger partial charge in [-0.05, 0) is 101 Å². The number of allylic oxidation sites excluding steroid dienone is 1. The fourth-order valence-corrected chi connectivity index (χ4v) is 11.2. The minimum absolute atomic E-state index is 0.0599. The van der Waals surface area contributed by atoms with Gasteiger partial charge in [-0.1, -0.05) is 26.8 Å². The second kappa shape index (κ2) is 16.1. The van der Waals surface area contributed by atoms with Crippen LogP contribution in [0.4, 0.5) is 0 Å². The van der Waals surface area contributed by atoms with Gasteiger partial charge in [0.1, 0.15) is 5.04 Å². The number of hydrogen-bond acceptors (Lipinski definition) is 9. The van der Waals surface area contributed by atoms with E-state index in [4.69, 9.17) is 14.5 Å². The summed E-state index contributed by atoms with van der Waals surface area (Å²) in [6.45, 7) is 7.19. The summed E-state index contributed by atoms with van der Waals surface area (Å²) in [6.07, 6.45) is 11.7. The van der Waals surface area contributed by atoms with E-state index in [1.165, 1.54) is 4.91 Å². The molecule has 2 aliphatic heterocycles. The second-order valence-corrected chi connectivity index (χ2v) is 16.1. The standard InChI is InChI=1S/C34H57NO6S2/c1-4-20-19-29(32-35-17-18-42-32)43-31-28(41-34(39)24-13-9-22(10-14-24)26(37)6-3)16-15-27(30(20)31)40-33(38)23-11-7-21(8-12-23)25(36)5-2/h19-28,30-31,33-34,36-39H,4-18H2,1-3H3. The van der Waals surface area contributed by atoms with Crippen LogP contribution in [0.3, 0.4) is 0 Å². The summed E-state index contributed by atoms with van der Waals surface area (Å²) in [5.74, 6) is 2.41. The molecular formula is C34H57NO6S2. The monoisotopic (exact) mass is 639 g/mol. The lowest BCUT2D eigenvalue weighted by Gasteiger charge is -2.49. The Hall–Kier alpha value is -0.130. The van der Waals surface area contributed by atoms with E-state index in [0.717, 1.165) is 101 Å². The Balaban J connectivity index is 1.27. The fraction of sp³-hybridized carbons (Fsp3) is 0.912. The van der Waals surface area contributed by atoms with Gasteiger partial charge in [0.2, 0.25) is 0 Å². The van der Waals surface area contributed by atoms with Gasteiger partial charge in [-0.2, -0.15) is 0 Å². The normalized spacial score (nSPS) is 39.7. The lowest BCUT2D eigenvalue weighted by Crippen LogP contribution is -2.52. The van der Waals surface area contributed by atoms with Gasteiger partial charge in [-0.3, -0.25) is 4.99 Å². The van der Waals surface area contributed by atoms with E-state index in [9.17, 15) is 20.4 Å². The number of aliphatic imine (C=N–C) groups is 1. The number of ether oxygens (including phenoxy) is 2. The largest absolute Gasteiger partial charge is 0.393 e. The zero-order valence-corrected chi connectivity index (χ0v) is 28.2. The highest BCUT2D eigenvalue weighted by atomic mass is 32.2. The molecule has 0 radical (unpaired) electrons. The molecule has 3 fully saturated rings. The molecule has 0 bridgehead atoms. The molecule has 0 spiro atoms. The van der Waals surface area contributed by atoms with E-state index in [-0.39, 0.29) is 47.4 Å². The Morgan fingerprint density at radius 3 is 1.74 bits per heavy atom. The fourth-order valence-electron chi connectivity index (χ4n) is 8.49. The molecule has 9 unspecified atom stereocenters. The molecule has 5 aliphatic rings. The molecule has 0 aromatic carbocycles. The van der Waals surface area contributed by atoms with Crippen LogP contribution in [0.1, 0.15) is 104 Å². The number of hydrogen-bond donors (Lipinski definition) is 4. The molecule has 0 aromatic heterocycles. The lowest BCUT2D eigenvalue weighted by atomic mass is 9.74. The van der Waals surface area contributed by atoms with Crippen molar-refractivity contribution in [2.45, 2.75) is 146 Å². The zero-order chi connectivity index (χ0) is 30.5. The molecule has 0 saturated heterocycles. The van der Waals surface area contributed by atoms with E-state index in [1.54, 1.807) is 0 Å². The summed E-state index contributed by atoms with van der Waals surface area (Å²) in [4.78, 5) is 6.05. The summed E-state index contributed by atoms with van der Waals surface area (Å²) in [6, 6.07) is 0. The third-order valence-electron chi connectivity index (χ3n) is 11.3. The predicted octanol–water partition coefficient (Wildman–Crippen LogP) is 6.13. The average molecular weight is 640 g/mol. The van der Waals surface area contributed by atoms with Gasteiger partial charge in [-0.15, -0.1) is 23.5 Å². The highest BCUT2D eigenvalue weighted by molar-refractivity contribution is 8.18. The molecule has 4 N–H and O–H groups in total. The Labute approximate surface area is 268 Å². The Bertz CT molecular complexity index is 934.